The molecular weight excluding hydrogens is 408 g/mol. The molecule has 174 valence electrons. The number of esters is 1. The van der Waals surface area contributed by atoms with Crippen LogP contribution < -0.4 is 4.74 Å². The maximum absolute atomic E-state index is 12.8. The highest BCUT2D eigenvalue weighted by Crippen LogP contribution is 2.30. The first-order valence-electron chi connectivity index (χ1n) is 12.4. The van der Waals surface area contributed by atoms with E-state index in [1.807, 2.05) is 42.7 Å². The molecule has 0 saturated heterocycles. The van der Waals surface area contributed by atoms with Gasteiger partial charge in [-0.05, 0) is 61.1 Å². The number of aryl methyl sites for hydroxylation is 2. The Balaban J connectivity index is 1.79. The zero-order valence-corrected chi connectivity index (χ0v) is 20.1. The molecule has 1 aromatic heterocycles. The molecular formula is C29H36N2O2. The van der Waals surface area contributed by atoms with Gasteiger partial charge >= 0.3 is 5.97 Å². The fourth-order valence-electron chi connectivity index (χ4n) is 3.86. The van der Waals surface area contributed by atoms with Crippen LogP contribution in [0.25, 0.3) is 11.4 Å². The number of nitrogens with zero attached hydrogens (tertiary/aromatic N) is 2. The average molecular weight is 445 g/mol. The van der Waals surface area contributed by atoms with E-state index in [4.69, 9.17) is 4.74 Å². The van der Waals surface area contributed by atoms with Gasteiger partial charge in [-0.25, -0.2) is 14.8 Å². The molecule has 3 rings (SSSR count). The Morgan fingerprint density at radius 2 is 1.39 bits per heavy atom. The molecule has 4 heteroatoms. The van der Waals surface area contributed by atoms with Gasteiger partial charge in [-0.1, -0.05) is 76.6 Å². The molecule has 0 aliphatic heterocycles. The topological polar surface area (TPSA) is 52.1 Å². The number of unbranched alkanes of at least 4 members (excludes halogenated alkanes) is 6. The van der Waals surface area contributed by atoms with Crippen LogP contribution in [0.5, 0.6) is 5.75 Å². The summed E-state index contributed by atoms with van der Waals surface area (Å²) in [5.41, 5.74) is 3.58. The van der Waals surface area contributed by atoms with Crippen molar-refractivity contribution in [2.24, 2.45) is 0 Å². The van der Waals surface area contributed by atoms with Gasteiger partial charge in [0.15, 0.2) is 5.82 Å². The molecule has 3 aromatic rings. The molecule has 2 aromatic carbocycles. The molecule has 33 heavy (non-hydrogen) atoms. The first-order chi connectivity index (χ1) is 16.2. The highest BCUT2D eigenvalue weighted by atomic mass is 16.5. The maximum atomic E-state index is 12.8. The molecule has 0 spiro atoms. The SMILES string of the molecule is CCCCCCc1cnc(-c2ccc(CCCCCC)cc2OC(=O)c2ccccc2)nc1. The predicted molar refractivity (Wildman–Crippen MR) is 135 cm³/mol. The third-order valence-electron chi connectivity index (χ3n) is 5.84. The molecule has 0 aliphatic carbocycles. The van der Waals surface area contributed by atoms with Crippen LogP contribution in [0, 0.1) is 0 Å². The van der Waals surface area contributed by atoms with Gasteiger partial charge in [0.2, 0.25) is 0 Å². The summed E-state index contributed by atoms with van der Waals surface area (Å²) in [6, 6.07) is 15.2. The Labute approximate surface area is 198 Å². The Kier molecular flexibility index (Phi) is 10.1. The minimum absolute atomic E-state index is 0.368. The summed E-state index contributed by atoms with van der Waals surface area (Å²) in [5, 5.41) is 0. The fraction of sp³-hybridized carbons (Fsp3) is 0.414. The predicted octanol–water partition coefficient (Wildman–Crippen LogP) is 7.61. The summed E-state index contributed by atoms with van der Waals surface area (Å²) in [4.78, 5) is 22.0. The molecule has 0 N–H and O–H groups in total. The minimum atomic E-state index is -0.368. The third-order valence-corrected chi connectivity index (χ3v) is 5.84. The lowest BCUT2D eigenvalue weighted by Crippen LogP contribution is -2.09. The zero-order chi connectivity index (χ0) is 23.3. The molecule has 0 radical (unpaired) electrons. The van der Waals surface area contributed by atoms with Crippen LogP contribution in [-0.2, 0) is 12.8 Å². The molecule has 1 heterocycles. The fourth-order valence-corrected chi connectivity index (χ4v) is 3.86. The largest absolute Gasteiger partial charge is 0.422 e. The number of hydrogen-bond acceptors (Lipinski definition) is 4. The smallest absolute Gasteiger partial charge is 0.343 e. The van der Waals surface area contributed by atoms with E-state index in [2.05, 4.69) is 29.9 Å². The number of carbonyl (C=O) groups is 1. The van der Waals surface area contributed by atoms with Crippen molar-refractivity contribution in [3.63, 3.8) is 0 Å². The quantitative estimate of drug-likeness (QED) is 0.155. The maximum Gasteiger partial charge on any atom is 0.343 e. The number of hydrogen-bond donors (Lipinski definition) is 0. The van der Waals surface area contributed by atoms with Crippen molar-refractivity contribution in [3.05, 3.63) is 77.6 Å². The van der Waals surface area contributed by atoms with Crippen LogP contribution >= 0.6 is 0 Å². The number of carbonyl (C=O) groups excluding carboxylic acids is 1. The Bertz CT molecular complexity index is 984. The summed E-state index contributed by atoms with van der Waals surface area (Å²) in [6.45, 7) is 4.43. The van der Waals surface area contributed by atoms with Gasteiger partial charge in [-0.15, -0.1) is 0 Å². The van der Waals surface area contributed by atoms with Crippen molar-refractivity contribution < 1.29 is 9.53 Å². The lowest BCUT2D eigenvalue weighted by Gasteiger charge is -2.12. The van der Waals surface area contributed by atoms with Gasteiger partial charge in [-0.3, -0.25) is 0 Å². The van der Waals surface area contributed by atoms with Crippen LogP contribution in [0.2, 0.25) is 0 Å². The molecule has 0 bridgehead atoms. The van der Waals surface area contributed by atoms with Gasteiger partial charge in [0.1, 0.15) is 5.75 Å². The van der Waals surface area contributed by atoms with E-state index in [9.17, 15) is 4.79 Å². The van der Waals surface area contributed by atoms with E-state index in [0.29, 0.717) is 17.1 Å². The first kappa shape index (κ1) is 24.6. The number of aromatic nitrogens is 2. The lowest BCUT2D eigenvalue weighted by atomic mass is 10.0. The monoisotopic (exact) mass is 444 g/mol. The molecule has 0 amide bonds. The van der Waals surface area contributed by atoms with E-state index >= 15 is 0 Å². The van der Waals surface area contributed by atoms with Crippen molar-refractivity contribution in [1.82, 2.24) is 9.97 Å². The summed E-state index contributed by atoms with van der Waals surface area (Å²) in [7, 11) is 0. The van der Waals surface area contributed by atoms with Crippen molar-refractivity contribution in [3.8, 4) is 17.1 Å². The second kappa shape index (κ2) is 13.5. The number of ether oxygens (including phenoxy) is 1. The highest BCUT2D eigenvalue weighted by molar-refractivity contribution is 5.92. The molecule has 0 fully saturated rings. The normalized spacial score (nSPS) is 10.8. The van der Waals surface area contributed by atoms with Gasteiger partial charge in [0.25, 0.3) is 0 Å². The van der Waals surface area contributed by atoms with Crippen molar-refractivity contribution in [2.45, 2.75) is 78.1 Å². The highest BCUT2D eigenvalue weighted by Gasteiger charge is 2.15. The van der Waals surface area contributed by atoms with E-state index in [-0.39, 0.29) is 5.97 Å². The van der Waals surface area contributed by atoms with Crippen molar-refractivity contribution >= 4 is 5.97 Å². The zero-order valence-electron chi connectivity index (χ0n) is 20.1. The van der Waals surface area contributed by atoms with Crippen molar-refractivity contribution in [1.29, 1.82) is 0 Å². The Hall–Kier alpha value is -3.01. The van der Waals surface area contributed by atoms with Gasteiger partial charge < -0.3 is 4.74 Å². The second-order valence-corrected chi connectivity index (χ2v) is 8.62. The standard InChI is InChI=1S/C29H36N2O2/c1-3-5-7-10-14-23-18-19-26(27(20-23)33-29(32)25-16-12-9-13-17-25)28-30-21-24(22-31-28)15-11-8-6-4-2/h9,12-13,16-22H,3-8,10-11,14-15H2,1-2H3. The van der Waals surface area contributed by atoms with Crippen LogP contribution in [0.4, 0.5) is 0 Å². The van der Waals surface area contributed by atoms with E-state index in [1.54, 1.807) is 12.1 Å². The lowest BCUT2D eigenvalue weighted by molar-refractivity contribution is 0.0735. The Morgan fingerprint density at radius 3 is 2.03 bits per heavy atom. The van der Waals surface area contributed by atoms with Crippen LogP contribution in [0.15, 0.2) is 60.9 Å². The van der Waals surface area contributed by atoms with E-state index in [1.165, 1.54) is 44.1 Å². The number of rotatable bonds is 13. The van der Waals surface area contributed by atoms with Crippen LogP contribution in [0.3, 0.4) is 0 Å². The van der Waals surface area contributed by atoms with Crippen LogP contribution in [0.1, 0.15) is 86.7 Å². The van der Waals surface area contributed by atoms with Crippen molar-refractivity contribution in [2.75, 3.05) is 0 Å². The van der Waals surface area contributed by atoms with Crippen LogP contribution in [-0.4, -0.2) is 15.9 Å². The molecule has 0 atom stereocenters. The second-order valence-electron chi connectivity index (χ2n) is 8.62. The molecule has 0 aliphatic rings. The number of benzene rings is 2. The van der Waals surface area contributed by atoms with E-state index in [0.717, 1.165) is 36.8 Å². The Morgan fingerprint density at radius 1 is 0.758 bits per heavy atom. The molecule has 0 unspecified atom stereocenters. The summed E-state index contributed by atoms with van der Waals surface area (Å²) >= 11 is 0. The van der Waals surface area contributed by atoms with Gasteiger partial charge in [0, 0.05) is 12.4 Å². The average Bonchev–Trinajstić information content (AvgIpc) is 2.86. The third kappa shape index (κ3) is 7.81. The molecule has 0 saturated carbocycles. The summed E-state index contributed by atoms with van der Waals surface area (Å²) in [5.74, 6) is 0.737. The van der Waals surface area contributed by atoms with Gasteiger partial charge in [-0.2, -0.15) is 0 Å². The first-order valence-corrected chi connectivity index (χ1v) is 12.4. The van der Waals surface area contributed by atoms with E-state index < -0.39 is 0 Å². The minimum Gasteiger partial charge on any atom is -0.422 e. The summed E-state index contributed by atoms with van der Waals surface area (Å²) in [6.07, 6.45) is 15.4. The molecule has 4 nitrogen and oxygen atoms in total. The van der Waals surface area contributed by atoms with Gasteiger partial charge in [0.05, 0.1) is 11.1 Å². The summed E-state index contributed by atoms with van der Waals surface area (Å²) < 4.78 is 5.86.